The van der Waals surface area contributed by atoms with Crippen LogP contribution in [0.5, 0.6) is 0 Å². The number of anilines is 2. The second kappa shape index (κ2) is 10.5. The molecule has 4 nitrogen and oxygen atoms in total. The molecular formula is C36H42N2O2. The highest BCUT2D eigenvalue weighted by Crippen LogP contribution is 2.51. The zero-order valence-corrected chi connectivity index (χ0v) is 24.2. The Morgan fingerprint density at radius 3 is 2.48 bits per heavy atom. The lowest BCUT2D eigenvalue weighted by molar-refractivity contribution is -0.137. The third kappa shape index (κ3) is 4.52. The minimum atomic E-state index is -0.698. The normalized spacial score (nSPS) is 23.3. The van der Waals surface area contributed by atoms with E-state index in [1.54, 1.807) is 0 Å². The first-order valence-corrected chi connectivity index (χ1v) is 15.1. The van der Waals surface area contributed by atoms with Crippen LogP contribution in [0.15, 0.2) is 84.2 Å². The van der Waals surface area contributed by atoms with E-state index >= 15 is 0 Å². The molecule has 6 rings (SSSR count). The summed E-state index contributed by atoms with van der Waals surface area (Å²) >= 11 is 0. The van der Waals surface area contributed by atoms with Gasteiger partial charge in [0, 0.05) is 53.6 Å². The van der Waals surface area contributed by atoms with Crippen molar-refractivity contribution in [1.29, 1.82) is 0 Å². The van der Waals surface area contributed by atoms with E-state index in [9.17, 15) is 4.79 Å². The topological polar surface area (TPSA) is 43.8 Å². The number of hydrogen-bond acceptors (Lipinski definition) is 3. The lowest BCUT2D eigenvalue weighted by Crippen LogP contribution is -2.32. The fourth-order valence-electron chi connectivity index (χ4n) is 7.50. The number of para-hydroxylation sites is 2. The van der Waals surface area contributed by atoms with Crippen molar-refractivity contribution in [1.82, 2.24) is 0 Å². The highest BCUT2D eigenvalue weighted by molar-refractivity contribution is 5.75. The lowest BCUT2D eigenvalue weighted by Gasteiger charge is -2.40. The van der Waals surface area contributed by atoms with Gasteiger partial charge in [-0.2, -0.15) is 0 Å². The number of rotatable bonds is 9. The average molecular weight is 535 g/mol. The van der Waals surface area contributed by atoms with E-state index in [0.717, 1.165) is 45.2 Å². The van der Waals surface area contributed by atoms with Crippen molar-refractivity contribution in [2.75, 3.05) is 22.9 Å². The molecule has 1 N–H and O–H groups in total. The second-order valence-corrected chi connectivity index (χ2v) is 12.6. The van der Waals surface area contributed by atoms with Gasteiger partial charge in [-0.3, -0.25) is 4.79 Å². The van der Waals surface area contributed by atoms with E-state index in [4.69, 9.17) is 5.11 Å². The molecule has 0 radical (unpaired) electrons. The summed E-state index contributed by atoms with van der Waals surface area (Å²) in [6.45, 7) is 9.22. The van der Waals surface area contributed by atoms with Gasteiger partial charge in [-0.15, -0.1) is 0 Å². The largest absolute Gasteiger partial charge is 0.481 e. The lowest BCUT2D eigenvalue weighted by atomic mass is 9.69. The molecule has 0 saturated heterocycles. The maximum Gasteiger partial charge on any atom is 0.303 e. The second-order valence-electron chi connectivity index (χ2n) is 12.6. The van der Waals surface area contributed by atoms with E-state index < -0.39 is 5.97 Å². The zero-order valence-electron chi connectivity index (χ0n) is 24.2. The molecule has 0 bridgehead atoms. The number of unbranched alkanes of at least 4 members (excludes halogenated alkanes) is 2. The smallest absolute Gasteiger partial charge is 0.303 e. The molecule has 0 aromatic heterocycles. The molecule has 4 heterocycles. The Hall–Kier alpha value is -3.53. The van der Waals surface area contributed by atoms with Gasteiger partial charge in [0.15, 0.2) is 0 Å². The predicted molar refractivity (Wildman–Crippen MR) is 165 cm³/mol. The number of carbonyl (C=O) groups is 1. The first kappa shape index (κ1) is 26.7. The Labute approximate surface area is 239 Å². The molecule has 0 saturated carbocycles. The summed E-state index contributed by atoms with van der Waals surface area (Å²) in [5.41, 5.74) is 11.3. The van der Waals surface area contributed by atoms with Crippen LogP contribution in [0.4, 0.5) is 11.4 Å². The van der Waals surface area contributed by atoms with E-state index in [2.05, 4.69) is 104 Å². The van der Waals surface area contributed by atoms with Crippen molar-refractivity contribution in [2.24, 2.45) is 0 Å². The van der Waals surface area contributed by atoms with E-state index in [0.29, 0.717) is 0 Å². The number of carboxylic acid groups (broad SMARTS) is 1. The third-order valence-electron chi connectivity index (χ3n) is 9.70. The third-order valence-corrected chi connectivity index (χ3v) is 9.70. The molecule has 1 unspecified atom stereocenters. The summed E-state index contributed by atoms with van der Waals surface area (Å²) in [5, 5.41) is 9.04. The van der Waals surface area contributed by atoms with Crippen molar-refractivity contribution >= 4 is 17.3 Å². The number of aryl methyl sites for hydroxylation is 1. The summed E-state index contributed by atoms with van der Waals surface area (Å²) < 4.78 is 0. The maximum atomic E-state index is 11.0. The summed E-state index contributed by atoms with van der Waals surface area (Å²) in [7, 11) is 0. The van der Waals surface area contributed by atoms with Crippen LogP contribution in [0, 0.1) is 0 Å². The molecule has 1 atom stereocenters. The Bertz CT molecular complexity index is 1440. The fraction of sp³-hybridized carbons (Fsp3) is 0.417. The van der Waals surface area contributed by atoms with Crippen molar-refractivity contribution in [2.45, 2.75) is 83.0 Å². The van der Waals surface area contributed by atoms with Gasteiger partial charge in [0.1, 0.15) is 0 Å². The molecule has 2 aromatic carbocycles. The molecule has 2 aromatic rings. The molecule has 4 heteroatoms. The molecule has 0 aliphatic carbocycles. The predicted octanol–water partition coefficient (Wildman–Crippen LogP) is 7.98. The minimum absolute atomic E-state index is 0.00597. The van der Waals surface area contributed by atoms with E-state index in [-0.39, 0.29) is 17.3 Å². The maximum absolute atomic E-state index is 11.0. The van der Waals surface area contributed by atoms with Crippen molar-refractivity contribution in [3.63, 3.8) is 0 Å². The van der Waals surface area contributed by atoms with Crippen molar-refractivity contribution in [3.8, 4) is 0 Å². The number of hydrogen-bond donors (Lipinski definition) is 1. The van der Waals surface area contributed by atoms with Crippen LogP contribution in [-0.4, -0.2) is 24.2 Å². The number of allylic oxidation sites excluding steroid dienone is 7. The number of aliphatic carboxylic acids is 1. The standard InChI is InChI=1S/C36H42N2O2/c1-35(2)29-17-10-13-26-15-12-23-38(34(26)29)31(35)19-7-4-6-16-28-25-37-24-21-27-14-11-18-30(33(27)37)36(28,3)22-9-5-8-20-32(39)40/h4,6-7,10-11,13-14,16-19,25H,5,8-9,12,15,20-24H2,1-3H3,(H,39,40). The quantitative estimate of drug-likeness (QED) is 0.262. The highest BCUT2D eigenvalue weighted by Gasteiger charge is 2.42. The summed E-state index contributed by atoms with van der Waals surface area (Å²) in [6, 6.07) is 13.6. The Kier molecular flexibility index (Phi) is 6.98. The van der Waals surface area contributed by atoms with Crippen LogP contribution in [0.3, 0.4) is 0 Å². The molecule has 208 valence electrons. The molecule has 4 aliphatic heterocycles. The summed E-state index contributed by atoms with van der Waals surface area (Å²) in [4.78, 5) is 16.0. The SMILES string of the molecule is CC1(C)C(=CC=CC=CC2=CN3CCc4cccc(c43)C2(C)CCCCCC(=O)O)N2CCCc3cccc1c32. The van der Waals surface area contributed by atoms with Crippen LogP contribution in [0.2, 0.25) is 0 Å². The van der Waals surface area contributed by atoms with Gasteiger partial charge in [0.2, 0.25) is 0 Å². The molecule has 0 fully saturated rings. The summed E-state index contributed by atoms with van der Waals surface area (Å²) in [5.74, 6) is -0.698. The van der Waals surface area contributed by atoms with Gasteiger partial charge < -0.3 is 14.9 Å². The van der Waals surface area contributed by atoms with Gasteiger partial charge in [-0.25, -0.2) is 0 Å². The van der Waals surface area contributed by atoms with Gasteiger partial charge in [0.25, 0.3) is 0 Å². The monoisotopic (exact) mass is 534 g/mol. The Balaban J connectivity index is 1.23. The van der Waals surface area contributed by atoms with Gasteiger partial charge >= 0.3 is 5.97 Å². The molecule has 40 heavy (non-hydrogen) atoms. The molecule has 4 aliphatic rings. The van der Waals surface area contributed by atoms with Crippen LogP contribution in [0.1, 0.15) is 81.5 Å². The highest BCUT2D eigenvalue weighted by atomic mass is 16.4. The Morgan fingerprint density at radius 2 is 1.68 bits per heavy atom. The number of nitrogens with zero attached hydrogens (tertiary/aromatic N) is 2. The number of carboxylic acids is 1. The van der Waals surface area contributed by atoms with Crippen LogP contribution < -0.4 is 9.80 Å². The Morgan fingerprint density at radius 1 is 0.900 bits per heavy atom. The number of benzene rings is 2. The van der Waals surface area contributed by atoms with Crippen LogP contribution >= 0.6 is 0 Å². The first-order chi connectivity index (χ1) is 19.3. The first-order valence-electron chi connectivity index (χ1n) is 15.1. The van der Waals surface area contributed by atoms with Crippen LogP contribution in [-0.2, 0) is 28.5 Å². The minimum Gasteiger partial charge on any atom is -0.481 e. The van der Waals surface area contributed by atoms with Crippen LogP contribution in [0.25, 0.3) is 0 Å². The zero-order chi connectivity index (χ0) is 27.9. The fourth-order valence-corrected chi connectivity index (χ4v) is 7.50. The average Bonchev–Trinajstić information content (AvgIpc) is 3.44. The van der Waals surface area contributed by atoms with Crippen molar-refractivity contribution < 1.29 is 9.90 Å². The molecular weight excluding hydrogens is 492 g/mol. The van der Waals surface area contributed by atoms with Gasteiger partial charge in [-0.1, -0.05) is 94.3 Å². The van der Waals surface area contributed by atoms with E-state index in [1.807, 2.05) is 0 Å². The molecule has 0 amide bonds. The molecule has 0 spiro atoms. The van der Waals surface area contributed by atoms with E-state index in [1.165, 1.54) is 57.7 Å². The van der Waals surface area contributed by atoms with Gasteiger partial charge in [-0.05, 0) is 66.0 Å². The van der Waals surface area contributed by atoms with Crippen molar-refractivity contribution in [3.05, 3.63) is 107 Å². The summed E-state index contributed by atoms with van der Waals surface area (Å²) in [6.07, 6.45) is 21.0. The van der Waals surface area contributed by atoms with Gasteiger partial charge in [0.05, 0.1) is 0 Å².